The van der Waals surface area contributed by atoms with Gasteiger partial charge in [-0.05, 0) is 23.8 Å². The number of methoxy groups -OCH3 is 1. The van der Waals surface area contributed by atoms with E-state index >= 15 is 0 Å². The van der Waals surface area contributed by atoms with Crippen LogP contribution < -0.4 is 10.5 Å². The van der Waals surface area contributed by atoms with Crippen molar-refractivity contribution in [1.29, 1.82) is 0 Å². The molecule has 2 rings (SSSR count). The maximum absolute atomic E-state index is 10.8. The van der Waals surface area contributed by atoms with E-state index in [-0.39, 0.29) is 12.3 Å². The van der Waals surface area contributed by atoms with Crippen LogP contribution in [0.1, 0.15) is 5.56 Å². The van der Waals surface area contributed by atoms with Crippen LogP contribution in [0.5, 0.6) is 5.75 Å². The first kappa shape index (κ1) is 9.58. The van der Waals surface area contributed by atoms with Gasteiger partial charge in [-0.2, -0.15) is 0 Å². The van der Waals surface area contributed by atoms with Crippen molar-refractivity contribution >= 4 is 16.8 Å². The van der Waals surface area contributed by atoms with Gasteiger partial charge >= 0.3 is 0 Å². The summed E-state index contributed by atoms with van der Waals surface area (Å²) < 4.78 is 5.12. The van der Waals surface area contributed by atoms with Gasteiger partial charge in [-0.3, -0.25) is 4.79 Å². The predicted molar refractivity (Wildman–Crippen MR) is 57.7 cm³/mol. The minimum atomic E-state index is -0.335. The molecule has 0 unspecified atom stereocenters. The molecule has 0 aliphatic rings. The van der Waals surface area contributed by atoms with Gasteiger partial charge in [0, 0.05) is 17.1 Å². The van der Waals surface area contributed by atoms with Crippen LogP contribution in [0.2, 0.25) is 0 Å². The molecule has 0 atom stereocenters. The molecule has 0 saturated heterocycles. The molecule has 4 nitrogen and oxygen atoms in total. The van der Waals surface area contributed by atoms with E-state index in [1.165, 1.54) is 0 Å². The zero-order valence-electron chi connectivity index (χ0n) is 8.41. The fourth-order valence-corrected chi connectivity index (χ4v) is 1.62. The van der Waals surface area contributed by atoms with E-state index in [0.29, 0.717) is 0 Å². The van der Waals surface area contributed by atoms with Crippen molar-refractivity contribution in [2.24, 2.45) is 5.73 Å². The van der Waals surface area contributed by atoms with Gasteiger partial charge in [0.2, 0.25) is 5.91 Å². The smallest absolute Gasteiger partial charge is 0.221 e. The van der Waals surface area contributed by atoms with Gasteiger partial charge in [-0.25, -0.2) is 0 Å². The number of carbonyl (C=O) groups excluding carboxylic acids is 1. The van der Waals surface area contributed by atoms with Crippen molar-refractivity contribution in [2.45, 2.75) is 6.42 Å². The fraction of sp³-hybridized carbons (Fsp3) is 0.182. The molecule has 0 bridgehead atoms. The summed E-state index contributed by atoms with van der Waals surface area (Å²) in [6.07, 6.45) is 2.04. The summed E-state index contributed by atoms with van der Waals surface area (Å²) in [7, 11) is 1.61. The predicted octanol–water partition coefficient (Wildman–Crippen LogP) is 1.20. The molecule has 1 aromatic heterocycles. The number of nitrogens with one attached hydrogen (secondary N) is 1. The number of nitrogens with two attached hydrogens (primary N) is 1. The van der Waals surface area contributed by atoms with E-state index in [1.807, 2.05) is 18.2 Å². The molecule has 3 N–H and O–H groups in total. The van der Waals surface area contributed by atoms with Crippen LogP contribution >= 0.6 is 0 Å². The maximum Gasteiger partial charge on any atom is 0.221 e. The van der Waals surface area contributed by atoms with Crippen molar-refractivity contribution in [2.75, 3.05) is 7.11 Å². The van der Waals surface area contributed by atoms with E-state index in [0.717, 1.165) is 22.2 Å². The van der Waals surface area contributed by atoms with Crippen LogP contribution in [0.3, 0.4) is 0 Å². The van der Waals surface area contributed by atoms with E-state index in [4.69, 9.17) is 10.5 Å². The molecule has 1 amide bonds. The Morgan fingerprint density at radius 2 is 2.33 bits per heavy atom. The van der Waals surface area contributed by atoms with Crippen molar-refractivity contribution in [1.82, 2.24) is 4.98 Å². The number of aromatic amines is 1. The number of aromatic nitrogens is 1. The summed E-state index contributed by atoms with van der Waals surface area (Å²) in [5.41, 5.74) is 7.04. The highest BCUT2D eigenvalue weighted by Crippen LogP contribution is 2.23. The molecule has 1 heterocycles. The van der Waals surface area contributed by atoms with Gasteiger partial charge < -0.3 is 15.5 Å². The second kappa shape index (κ2) is 3.65. The maximum atomic E-state index is 10.8. The lowest BCUT2D eigenvalue weighted by Gasteiger charge is -2.00. The Morgan fingerprint density at radius 3 is 3.00 bits per heavy atom. The van der Waals surface area contributed by atoms with Gasteiger partial charge in [-0.15, -0.1) is 0 Å². The van der Waals surface area contributed by atoms with E-state index in [9.17, 15) is 4.79 Å². The lowest BCUT2D eigenvalue weighted by atomic mass is 10.1. The van der Waals surface area contributed by atoms with Gasteiger partial charge in [-0.1, -0.05) is 0 Å². The van der Waals surface area contributed by atoms with Gasteiger partial charge in [0.15, 0.2) is 0 Å². The zero-order chi connectivity index (χ0) is 10.8. The molecule has 1 aromatic carbocycles. The molecule has 0 aliphatic heterocycles. The second-order valence-electron chi connectivity index (χ2n) is 3.37. The van der Waals surface area contributed by atoms with E-state index < -0.39 is 0 Å². The minimum Gasteiger partial charge on any atom is -0.497 e. The van der Waals surface area contributed by atoms with Crippen molar-refractivity contribution in [3.8, 4) is 5.75 Å². The number of fused-ring (bicyclic) bond motifs is 1. The zero-order valence-corrected chi connectivity index (χ0v) is 8.41. The quantitative estimate of drug-likeness (QED) is 0.788. The molecule has 0 aliphatic carbocycles. The summed E-state index contributed by atoms with van der Waals surface area (Å²) in [6, 6.07) is 5.68. The molecule has 15 heavy (non-hydrogen) atoms. The molecule has 4 heteroatoms. The summed E-state index contributed by atoms with van der Waals surface area (Å²) in [4.78, 5) is 13.9. The van der Waals surface area contributed by atoms with Crippen LogP contribution in [-0.2, 0) is 11.2 Å². The largest absolute Gasteiger partial charge is 0.497 e. The Balaban J connectivity index is 2.51. The number of benzene rings is 1. The van der Waals surface area contributed by atoms with Crippen molar-refractivity contribution in [3.05, 3.63) is 30.0 Å². The average molecular weight is 204 g/mol. The van der Waals surface area contributed by atoms with Gasteiger partial charge in [0.1, 0.15) is 5.75 Å². The molecule has 0 spiro atoms. The monoisotopic (exact) mass is 204 g/mol. The fourth-order valence-electron chi connectivity index (χ4n) is 1.62. The number of amides is 1. The number of carbonyl (C=O) groups is 1. The third-order valence-electron chi connectivity index (χ3n) is 2.34. The van der Waals surface area contributed by atoms with Crippen LogP contribution in [-0.4, -0.2) is 18.0 Å². The van der Waals surface area contributed by atoms with Crippen LogP contribution in [0.25, 0.3) is 10.9 Å². The highest BCUT2D eigenvalue weighted by molar-refractivity contribution is 5.89. The van der Waals surface area contributed by atoms with Crippen LogP contribution in [0, 0.1) is 0 Å². The van der Waals surface area contributed by atoms with Crippen molar-refractivity contribution in [3.63, 3.8) is 0 Å². The number of primary amides is 1. The number of ether oxygens (including phenoxy) is 1. The molecule has 0 fully saturated rings. The summed E-state index contributed by atoms with van der Waals surface area (Å²) in [5.74, 6) is 0.437. The minimum absolute atomic E-state index is 0.243. The van der Waals surface area contributed by atoms with E-state index in [1.54, 1.807) is 13.3 Å². The SMILES string of the molecule is COc1ccc2[nH]cc(CC(N)=O)c2c1. The first-order valence-corrected chi connectivity index (χ1v) is 4.63. The summed E-state index contributed by atoms with van der Waals surface area (Å²) >= 11 is 0. The Kier molecular flexibility index (Phi) is 2.33. The van der Waals surface area contributed by atoms with E-state index in [2.05, 4.69) is 4.98 Å². The Labute approximate surface area is 87.0 Å². The molecule has 78 valence electrons. The topological polar surface area (TPSA) is 68.1 Å². The van der Waals surface area contributed by atoms with Crippen molar-refractivity contribution < 1.29 is 9.53 Å². The lowest BCUT2D eigenvalue weighted by molar-refractivity contribution is -0.117. The number of hydrogen-bond donors (Lipinski definition) is 2. The average Bonchev–Trinajstić information content (AvgIpc) is 2.60. The molecule has 2 aromatic rings. The third-order valence-corrected chi connectivity index (χ3v) is 2.34. The Bertz CT molecular complexity index is 502. The number of H-pyrrole nitrogens is 1. The van der Waals surface area contributed by atoms with Crippen LogP contribution in [0.4, 0.5) is 0 Å². The highest BCUT2D eigenvalue weighted by atomic mass is 16.5. The number of rotatable bonds is 3. The number of hydrogen-bond acceptors (Lipinski definition) is 2. The lowest BCUT2D eigenvalue weighted by Crippen LogP contribution is -2.13. The van der Waals surface area contributed by atoms with Gasteiger partial charge in [0.05, 0.1) is 13.5 Å². The first-order chi connectivity index (χ1) is 7.20. The first-order valence-electron chi connectivity index (χ1n) is 4.63. The molecular weight excluding hydrogens is 192 g/mol. The second-order valence-corrected chi connectivity index (χ2v) is 3.37. The summed E-state index contributed by atoms with van der Waals surface area (Å²) in [5, 5.41) is 0.980. The Hall–Kier alpha value is -1.97. The summed E-state index contributed by atoms with van der Waals surface area (Å²) in [6.45, 7) is 0. The normalized spacial score (nSPS) is 10.5. The van der Waals surface area contributed by atoms with Gasteiger partial charge in [0.25, 0.3) is 0 Å². The standard InChI is InChI=1S/C11H12N2O2/c1-15-8-2-3-10-9(5-8)7(6-13-10)4-11(12)14/h2-3,5-6,13H,4H2,1H3,(H2,12,14). The third kappa shape index (κ3) is 1.79. The Morgan fingerprint density at radius 1 is 1.53 bits per heavy atom. The molecule has 0 saturated carbocycles. The molecular formula is C11H12N2O2. The highest BCUT2D eigenvalue weighted by Gasteiger charge is 2.07. The van der Waals surface area contributed by atoms with Crippen LogP contribution in [0.15, 0.2) is 24.4 Å². The molecule has 0 radical (unpaired) electrons.